The van der Waals surface area contributed by atoms with Gasteiger partial charge in [0.15, 0.2) is 0 Å². The standard InChI is InChI=1S/C20H16Cl2N2O3S/c1-13-5-7-15(8-6-13)24-28(26,27)17-4-2-3-14(11-17)20(25)23-16-9-10-18(21)19(22)12-16/h2-12,24H,1H3,(H,23,25). The Hall–Kier alpha value is -2.54. The SMILES string of the molecule is Cc1ccc(NS(=O)(=O)c2cccc(C(=O)Nc3ccc(Cl)c(Cl)c3)c2)cc1. The van der Waals surface area contributed by atoms with Crippen LogP contribution >= 0.6 is 23.2 Å². The molecular weight excluding hydrogens is 419 g/mol. The number of rotatable bonds is 5. The number of benzene rings is 3. The van der Waals surface area contributed by atoms with E-state index in [2.05, 4.69) is 10.0 Å². The highest BCUT2D eigenvalue weighted by Gasteiger charge is 2.17. The summed E-state index contributed by atoms with van der Waals surface area (Å²) < 4.78 is 27.8. The van der Waals surface area contributed by atoms with Gasteiger partial charge in [0.25, 0.3) is 15.9 Å². The van der Waals surface area contributed by atoms with E-state index in [0.29, 0.717) is 21.4 Å². The lowest BCUT2D eigenvalue weighted by Crippen LogP contribution is -2.16. The molecule has 0 spiro atoms. The van der Waals surface area contributed by atoms with E-state index in [4.69, 9.17) is 23.2 Å². The van der Waals surface area contributed by atoms with Crippen LogP contribution in [0.5, 0.6) is 0 Å². The van der Waals surface area contributed by atoms with E-state index in [1.807, 2.05) is 6.92 Å². The zero-order valence-electron chi connectivity index (χ0n) is 14.7. The number of sulfonamides is 1. The Kier molecular flexibility index (Phi) is 5.93. The molecule has 5 nitrogen and oxygen atoms in total. The molecule has 3 aromatic carbocycles. The summed E-state index contributed by atoms with van der Waals surface area (Å²) in [5, 5.41) is 3.34. The van der Waals surface area contributed by atoms with E-state index in [9.17, 15) is 13.2 Å². The van der Waals surface area contributed by atoms with Crippen molar-refractivity contribution in [3.8, 4) is 0 Å². The average molecular weight is 435 g/mol. The molecule has 3 aromatic rings. The Bertz CT molecular complexity index is 1130. The smallest absolute Gasteiger partial charge is 0.261 e. The summed E-state index contributed by atoms with van der Waals surface area (Å²) in [7, 11) is -3.84. The molecule has 0 radical (unpaired) electrons. The average Bonchev–Trinajstić information content (AvgIpc) is 2.66. The molecular formula is C20H16Cl2N2O3S. The van der Waals surface area contributed by atoms with Crippen LogP contribution in [0, 0.1) is 6.92 Å². The van der Waals surface area contributed by atoms with Gasteiger partial charge in [-0.05, 0) is 55.5 Å². The van der Waals surface area contributed by atoms with Crippen molar-refractivity contribution in [2.24, 2.45) is 0 Å². The van der Waals surface area contributed by atoms with Crippen molar-refractivity contribution in [1.29, 1.82) is 0 Å². The fraction of sp³-hybridized carbons (Fsp3) is 0.0500. The molecule has 3 rings (SSSR count). The molecule has 144 valence electrons. The Balaban J connectivity index is 1.81. The van der Waals surface area contributed by atoms with Crippen LogP contribution in [-0.2, 0) is 10.0 Å². The molecule has 0 unspecified atom stereocenters. The number of carbonyl (C=O) groups is 1. The fourth-order valence-corrected chi connectivity index (χ4v) is 3.82. The third-order valence-electron chi connectivity index (χ3n) is 3.89. The number of amides is 1. The summed E-state index contributed by atoms with van der Waals surface area (Å²) in [4.78, 5) is 12.5. The number of carbonyl (C=O) groups excluding carboxylic acids is 1. The van der Waals surface area contributed by atoms with Crippen LogP contribution in [0.15, 0.2) is 71.6 Å². The molecule has 2 N–H and O–H groups in total. The minimum atomic E-state index is -3.84. The minimum absolute atomic E-state index is 0.0186. The first-order valence-corrected chi connectivity index (χ1v) is 10.4. The predicted molar refractivity (Wildman–Crippen MR) is 113 cm³/mol. The summed E-state index contributed by atoms with van der Waals surface area (Å²) >= 11 is 11.8. The maximum absolute atomic E-state index is 12.6. The first-order valence-electron chi connectivity index (χ1n) is 8.20. The second kappa shape index (κ2) is 8.22. The van der Waals surface area contributed by atoms with Gasteiger partial charge in [-0.15, -0.1) is 0 Å². The molecule has 0 heterocycles. The Morgan fingerprint density at radius 2 is 1.54 bits per heavy atom. The maximum Gasteiger partial charge on any atom is 0.261 e. The second-order valence-corrected chi connectivity index (χ2v) is 8.58. The highest BCUT2D eigenvalue weighted by atomic mass is 35.5. The van der Waals surface area contributed by atoms with Crippen LogP contribution in [0.1, 0.15) is 15.9 Å². The highest BCUT2D eigenvalue weighted by Crippen LogP contribution is 2.25. The van der Waals surface area contributed by atoms with E-state index >= 15 is 0 Å². The lowest BCUT2D eigenvalue weighted by atomic mass is 10.2. The van der Waals surface area contributed by atoms with Crippen LogP contribution < -0.4 is 10.0 Å². The lowest BCUT2D eigenvalue weighted by molar-refractivity contribution is 0.102. The maximum atomic E-state index is 12.6. The number of nitrogens with one attached hydrogen (secondary N) is 2. The summed E-state index contributed by atoms with van der Waals surface area (Å²) in [5.74, 6) is -0.467. The minimum Gasteiger partial charge on any atom is -0.322 e. The predicted octanol–water partition coefficient (Wildman–Crippen LogP) is 5.35. The molecule has 0 aromatic heterocycles. The van der Waals surface area contributed by atoms with Crippen molar-refractivity contribution in [2.45, 2.75) is 11.8 Å². The van der Waals surface area contributed by atoms with Gasteiger partial charge in [0.05, 0.1) is 14.9 Å². The Morgan fingerprint density at radius 3 is 2.21 bits per heavy atom. The van der Waals surface area contributed by atoms with Crippen molar-refractivity contribution in [2.75, 3.05) is 10.0 Å². The largest absolute Gasteiger partial charge is 0.322 e. The van der Waals surface area contributed by atoms with E-state index < -0.39 is 15.9 Å². The number of halogens is 2. The third-order valence-corrected chi connectivity index (χ3v) is 6.01. The van der Waals surface area contributed by atoms with Crippen LogP contribution in [-0.4, -0.2) is 14.3 Å². The number of aryl methyl sites for hydroxylation is 1. The van der Waals surface area contributed by atoms with Crippen molar-refractivity contribution in [3.05, 3.63) is 87.9 Å². The van der Waals surface area contributed by atoms with Gasteiger partial charge >= 0.3 is 0 Å². The molecule has 0 saturated carbocycles. The van der Waals surface area contributed by atoms with Crippen LogP contribution in [0.3, 0.4) is 0 Å². The molecule has 8 heteroatoms. The fourth-order valence-electron chi connectivity index (χ4n) is 2.42. The molecule has 0 bridgehead atoms. The van der Waals surface area contributed by atoms with Crippen LogP contribution in [0.4, 0.5) is 11.4 Å². The summed E-state index contributed by atoms with van der Waals surface area (Å²) in [6.07, 6.45) is 0. The summed E-state index contributed by atoms with van der Waals surface area (Å²) in [6, 6.07) is 17.4. The zero-order chi connectivity index (χ0) is 20.3. The first kappa shape index (κ1) is 20.2. The molecule has 0 aliphatic heterocycles. The van der Waals surface area contributed by atoms with E-state index in [-0.39, 0.29) is 10.5 Å². The second-order valence-electron chi connectivity index (χ2n) is 6.08. The molecule has 0 aliphatic rings. The Morgan fingerprint density at radius 1 is 0.857 bits per heavy atom. The van der Waals surface area contributed by atoms with Gasteiger partial charge in [-0.3, -0.25) is 9.52 Å². The highest BCUT2D eigenvalue weighted by molar-refractivity contribution is 7.92. The number of hydrogen-bond donors (Lipinski definition) is 2. The number of anilines is 2. The molecule has 1 amide bonds. The summed E-state index contributed by atoms with van der Waals surface area (Å²) in [5.41, 5.74) is 2.10. The van der Waals surface area contributed by atoms with Gasteiger partial charge in [-0.2, -0.15) is 0 Å². The molecule has 0 saturated heterocycles. The van der Waals surface area contributed by atoms with Crippen LogP contribution in [0.25, 0.3) is 0 Å². The van der Waals surface area contributed by atoms with Gasteiger partial charge in [0.1, 0.15) is 0 Å². The lowest BCUT2D eigenvalue weighted by Gasteiger charge is -2.10. The summed E-state index contributed by atoms with van der Waals surface area (Å²) in [6.45, 7) is 1.91. The quantitative estimate of drug-likeness (QED) is 0.567. The zero-order valence-corrected chi connectivity index (χ0v) is 17.1. The van der Waals surface area contributed by atoms with Gasteiger partial charge in [-0.1, -0.05) is 47.0 Å². The van der Waals surface area contributed by atoms with Gasteiger partial charge in [0, 0.05) is 16.9 Å². The van der Waals surface area contributed by atoms with Crippen molar-refractivity contribution >= 4 is 50.5 Å². The first-order chi connectivity index (χ1) is 13.2. The van der Waals surface area contributed by atoms with Crippen molar-refractivity contribution < 1.29 is 13.2 Å². The van der Waals surface area contributed by atoms with Crippen molar-refractivity contribution in [1.82, 2.24) is 0 Å². The van der Waals surface area contributed by atoms with E-state index in [1.165, 1.54) is 30.3 Å². The van der Waals surface area contributed by atoms with Gasteiger partial charge in [-0.25, -0.2) is 8.42 Å². The van der Waals surface area contributed by atoms with Crippen LogP contribution in [0.2, 0.25) is 10.0 Å². The van der Waals surface area contributed by atoms with E-state index in [1.54, 1.807) is 36.4 Å². The Labute approximate surface area is 173 Å². The molecule has 0 aliphatic carbocycles. The normalized spacial score (nSPS) is 11.1. The third kappa shape index (κ3) is 4.84. The molecule has 28 heavy (non-hydrogen) atoms. The van der Waals surface area contributed by atoms with Gasteiger partial charge in [0.2, 0.25) is 0 Å². The number of hydrogen-bond acceptors (Lipinski definition) is 3. The van der Waals surface area contributed by atoms with Gasteiger partial charge < -0.3 is 5.32 Å². The monoisotopic (exact) mass is 434 g/mol. The van der Waals surface area contributed by atoms with E-state index in [0.717, 1.165) is 5.56 Å². The van der Waals surface area contributed by atoms with Crippen molar-refractivity contribution in [3.63, 3.8) is 0 Å². The molecule has 0 fully saturated rings. The molecule has 0 atom stereocenters. The topological polar surface area (TPSA) is 75.3 Å².